The third-order valence-electron chi connectivity index (χ3n) is 15.8. The number of aliphatic hydroxyl groups excluding tert-OH is 4. The Morgan fingerprint density at radius 1 is 0.300 bits per heavy atom. The maximum atomic E-state index is 12.6. The second-order valence-electron chi connectivity index (χ2n) is 22.8. The Balaban J connectivity index is 3.53. The number of carbonyl (C=O) groups excluding carboxylic acids is 1. The Morgan fingerprint density at radius 2 is 0.486 bits per heavy atom. The Labute approximate surface area is 439 Å². The summed E-state index contributed by atoms with van der Waals surface area (Å²) >= 11 is 0. The van der Waals surface area contributed by atoms with Crippen LogP contribution in [0.2, 0.25) is 0 Å². The molecule has 6 nitrogen and oxygen atoms in total. The van der Waals surface area contributed by atoms with E-state index < -0.39 is 36.9 Å². The molecule has 0 aliphatic heterocycles. The number of amides is 1. The monoisotopic (exact) mass is 992 g/mol. The average molecular weight is 993 g/mol. The van der Waals surface area contributed by atoms with Gasteiger partial charge in [-0.05, 0) is 12.8 Å². The van der Waals surface area contributed by atoms with Crippen LogP contribution in [0.25, 0.3) is 0 Å². The molecule has 0 radical (unpaired) electrons. The van der Waals surface area contributed by atoms with Gasteiger partial charge in [-0.3, -0.25) is 4.79 Å². The van der Waals surface area contributed by atoms with E-state index >= 15 is 0 Å². The molecule has 4 atom stereocenters. The van der Waals surface area contributed by atoms with E-state index in [-0.39, 0.29) is 0 Å². The summed E-state index contributed by atoms with van der Waals surface area (Å²) in [6.07, 6.45) is 70.6. The van der Waals surface area contributed by atoms with E-state index in [2.05, 4.69) is 19.2 Å². The van der Waals surface area contributed by atoms with E-state index in [1.54, 1.807) is 0 Å². The summed E-state index contributed by atoms with van der Waals surface area (Å²) in [5.74, 6) is -0.574. The first-order chi connectivity index (χ1) is 34.5. The molecule has 0 aromatic carbocycles. The van der Waals surface area contributed by atoms with Gasteiger partial charge in [0, 0.05) is 0 Å². The lowest BCUT2D eigenvalue weighted by Gasteiger charge is -2.27. The second-order valence-corrected chi connectivity index (χ2v) is 22.8. The normalized spacial score (nSPS) is 13.5. The van der Waals surface area contributed by atoms with Gasteiger partial charge in [0.2, 0.25) is 5.91 Å². The van der Waals surface area contributed by atoms with E-state index in [1.165, 1.54) is 308 Å². The zero-order chi connectivity index (χ0) is 50.9. The molecule has 0 saturated heterocycles. The predicted molar refractivity (Wildman–Crippen MR) is 307 cm³/mol. The van der Waals surface area contributed by atoms with E-state index in [1.807, 2.05) is 0 Å². The second kappa shape index (κ2) is 59.2. The smallest absolute Gasteiger partial charge is 0.249 e. The van der Waals surface area contributed by atoms with Crippen LogP contribution in [-0.4, -0.2) is 57.3 Å². The summed E-state index contributed by atoms with van der Waals surface area (Å²) < 4.78 is 0. The quantitative estimate of drug-likeness (QED) is 0.0390. The van der Waals surface area contributed by atoms with E-state index in [0.29, 0.717) is 12.8 Å². The minimum atomic E-state index is -1.26. The Hall–Kier alpha value is -0.690. The molecule has 0 aliphatic carbocycles. The van der Waals surface area contributed by atoms with Crippen LogP contribution in [0.1, 0.15) is 373 Å². The molecule has 0 aliphatic rings. The van der Waals surface area contributed by atoms with Crippen LogP contribution in [0.15, 0.2) is 0 Å². The summed E-state index contributed by atoms with van der Waals surface area (Å²) in [6, 6.07) is -0.982. The zero-order valence-corrected chi connectivity index (χ0v) is 47.8. The Kier molecular flexibility index (Phi) is 58.6. The summed E-state index contributed by atoms with van der Waals surface area (Å²) in [4.78, 5) is 12.6. The number of unbranched alkanes of at least 4 members (excludes halogenated alkanes) is 52. The largest absolute Gasteiger partial charge is 0.394 e. The van der Waals surface area contributed by atoms with Crippen molar-refractivity contribution in [2.75, 3.05) is 6.61 Å². The lowest BCUT2D eigenvalue weighted by atomic mass is 9.99. The van der Waals surface area contributed by atoms with Gasteiger partial charge in [0.25, 0.3) is 0 Å². The SMILES string of the molecule is CCCCCCCCCCCCCCCCCCCCCCCCCCCCCC(O)C(=O)NC(CO)C(O)C(O)CCCCCCCCCCCCCCCCCCCCCCCCCCCCC. The van der Waals surface area contributed by atoms with Gasteiger partial charge < -0.3 is 25.7 Å². The standard InChI is InChI=1S/C64H129NO5/c1-3-5-7-9-11-13-15-17-19-21-23-25-27-29-31-33-35-37-39-41-43-45-47-49-51-53-55-57-61(67)63(69)60(59-66)65-64(70)62(68)58-56-54-52-50-48-46-44-42-40-38-36-34-32-30-28-26-24-22-20-18-16-14-12-10-8-6-4-2/h60-63,66-69H,3-59H2,1-2H3,(H,65,70). The van der Waals surface area contributed by atoms with Crippen molar-refractivity contribution in [2.24, 2.45) is 0 Å². The average Bonchev–Trinajstić information content (AvgIpc) is 3.36. The molecule has 0 saturated carbocycles. The summed E-state index contributed by atoms with van der Waals surface area (Å²) in [6.45, 7) is 4.12. The minimum absolute atomic E-state index is 0.377. The first kappa shape index (κ1) is 69.3. The van der Waals surface area contributed by atoms with Crippen molar-refractivity contribution in [3.05, 3.63) is 0 Å². The van der Waals surface area contributed by atoms with Crippen LogP contribution in [0.5, 0.6) is 0 Å². The zero-order valence-electron chi connectivity index (χ0n) is 47.8. The predicted octanol–water partition coefficient (Wildman–Crippen LogP) is 19.4. The number of hydrogen-bond acceptors (Lipinski definition) is 5. The van der Waals surface area contributed by atoms with Crippen molar-refractivity contribution in [1.29, 1.82) is 0 Å². The van der Waals surface area contributed by atoms with Gasteiger partial charge in [-0.25, -0.2) is 0 Å². The highest BCUT2D eigenvalue weighted by Crippen LogP contribution is 2.20. The molecule has 0 aromatic heterocycles. The Morgan fingerprint density at radius 3 is 0.686 bits per heavy atom. The molecule has 0 bridgehead atoms. The summed E-state index contributed by atoms with van der Waals surface area (Å²) in [5, 5.41) is 44.2. The van der Waals surface area contributed by atoms with Gasteiger partial charge in [-0.2, -0.15) is 0 Å². The lowest BCUT2D eigenvalue weighted by Crippen LogP contribution is -2.53. The number of hydrogen-bond donors (Lipinski definition) is 5. The molecule has 0 heterocycles. The first-order valence-electron chi connectivity index (χ1n) is 32.4. The summed E-state index contributed by atoms with van der Waals surface area (Å²) in [5.41, 5.74) is 0. The topological polar surface area (TPSA) is 110 Å². The first-order valence-corrected chi connectivity index (χ1v) is 32.4. The molecule has 5 N–H and O–H groups in total. The molecule has 70 heavy (non-hydrogen) atoms. The highest BCUT2D eigenvalue weighted by molar-refractivity contribution is 5.80. The van der Waals surface area contributed by atoms with Crippen LogP contribution in [0, 0.1) is 0 Å². The molecule has 1 amide bonds. The van der Waals surface area contributed by atoms with Crippen LogP contribution >= 0.6 is 0 Å². The summed E-state index contributed by atoms with van der Waals surface area (Å²) in [7, 11) is 0. The van der Waals surface area contributed by atoms with Crippen molar-refractivity contribution >= 4 is 5.91 Å². The highest BCUT2D eigenvalue weighted by Gasteiger charge is 2.28. The van der Waals surface area contributed by atoms with Crippen molar-refractivity contribution in [3.63, 3.8) is 0 Å². The molecule has 0 spiro atoms. The fourth-order valence-electron chi connectivity index (χ4n) is 10.8. The molecule has 0 fully saturated rings. The van der Waals surface area contributed by atoms with Crippen LogP contribution < -0.4 is 5.32 Å². The number of rotatable bonds is 61. The maximum Gasteiger partial charge on any atom is 0.249 e. The third-order valence-corrected chi connectivity index (χ3v) is 15.8. The fraction of sp³-hybridized carbons (Fsp3) is 0.984. The van der Waals surface area contributed by atoms with Crippen molar-refractivity contribution in [1.82, 2.24) is 5.32 Å². The van der Waals surface area contributed by atoms with E-state index in [0.717, 1.165) is 38.5 Å². The molecular weight excluding hydrogens is 863 g/mol. The van der Waals surface area contributed by atoms with Crippen molar-refractivity contribution in [3.8, 4) is 0 Å². The van der Waals surface area contributed by atoms with Crippen molar-refractivity contribution < 1.29 is 25.2 Å². The molecule has 420 valence electrons. The number of carbonyl (C=O) groups is 1. The maximum absolute atomic E-state index is 12.6. The lowest BCUT2D eigenvalue weighted by molar-refractivity contribution is -0.132. The van der Waals surface area contributed by atoms with E-state index in [9.17, 15) is 25.2 Å². The van der Waals surface area contributed by atoms with Gasteiger partial charge in [-0.1, -0.05) is 361 Å². The molecule has 6 heteroatoms. The minimum Gasteiger partial charge on any atom is -0.394 e. The third kappa shape index (κ3) is 52.2. The molecule has 0 aromatic rings. The van der Waals surface area contributed by atoms with Gasteiger partial charge >= 0.3 is 0 Å². The van der Waals surface area contributed by atoms with Gasteiger partial charge in [0.15, 0.2) is 0 Å². The Bertz CT molecular complexity index is 979. The number of nitrogens with one attached hydrogen (secondary N) is 1. The van der Waals surface area contributed by atoms with Gasteiger partial charge in [0.05, 0.1) is 18.8 Å². The fourth-order valence-corrected chi connectivity index (χ4v) is 10.8. The van der Waals surface area contributed by atoms with Crippen molar-refractivity contribution in [2.45, 2.75) is 398 Å². The molecular formula is C64H129NO5. The number of aliphatic hydroxyl groups is 4. The van der Waals surface area contributed by atoms with Crippen LogP contribution in [0.4, 0.5) is 0 Å². The van der Waals surface area contributed by atoms with Crippen LogP contribution in [-0.2, 0) is 4.79 Å². The van der Waals surface area contributed by atoms with Gasteiger partial charge in [0.1, 0.15) is 12.2 Å². The van der Waals surface area contributed by atoms with Crippen LogP contribution in [0.3, 0.4) is 0 Å². The van der Waals surface area contributed by atoms with Gasteiger partial charge in [-0.15, -0.1) is 0 Å². The molecule has 0 rings (SSSR count). The van der Waals surface area contributed by atoms with E-state index in [4.69, 9.17) is 0 Å². The molecule has 4 unspecified atom stereocenters. The highest BCUT2D eigenvalue weighted by atomic mass is 16.3.